The van der Waals surface area contributed by atoms with Crippen molar-refractivity contribution in [1.29, 1.82) is 0 Å². The highest BCUT2D eigenvalue weighted by molar-refractivity contribution is 6.30. The fourth-order valence-electron chi connectivity index (χ4n) is 2.81. The molecule has 2 amide bonds. The van der Waals surface area contributed by atoms with Gasteiger partial charge in [0.05, 0.1) is 0 Å². The van der Waals surface area contributed by atoms with Gasteiger partial charge in [0.1, 0.15) is 0 Å². The van der Waals surface area contributed by atoms with Gasteiger partial charge < -0.3 is 16.0 Å². The largest absolute Gasteiger partial charge is 0.326 e. The molecule has 0 saturated carbocycles. The predicted octanol–water partition coefficient (Wildman–Crippen LogP) is 4.09. The van der Waals surface area contributed by atoms with Gasteiger partial charge in [-0.25, -0.2) is 0 Å². The molecule has 0 spiro atoms. The Morgan fingerprint density at radius 3 is 2.19 bits per heavy atom. The summed E-state index contributed by atoms with van der Waals surface area (Å²) in [6.45, 7) is 0.986. The Balaban J connectivity index is 0.00000243. The van der Waals surface area contributed by atoms with Crippen LogP contribution >= 0.6 is 24.0 Å². The van der Waals surface area contributed by atoms with Crippen LogP contribution in [0.3, 0.4) is 0 Å². The van der Waals surface area contributed by atoms with Gasteiger partial charge >= 0.3 is 0 Å². The molecule has 3 N–H and O–H groups in total. The first-order valence-electron chi connectivity index (χ1n) is 8.30. The summed E-state index contributed by atoms with van der Waals surface area (Å²) >= 11 is 5.82. The molecule has 1 aliphatic rings. The van der Waals surface area contributed by atoms with Crippen molar-refractivity contribution in [2.75, 3.05) is 17.2 Å². The number of anilines is 2. The quantitative estimate of drug-likeness (QED) is 0.715. The summed E-state index contributed by atoms with van der Waals surface area (Å²) in [7, 11) is 0. The lowest BCUT2D eigenvalue weighted by molar-refractivity contribution is -0.116. The highest BCUT2D eigenvalue weighted by Gasteiger charge is 2.17. The van der Waals surface area contributed by atoms with E-state index in [1.165, 1.54) is 0 Å². The number of hydrogen-bond donors (Lipinski definition) is 3. The second-order valence-electron chi connectivity index (χ2n) is 6.08. The zero-order valence-corrected chi connectivity index (χ0v) is 15.7. The van der Waals surface area contributed by atoms with Crippen LogP contribution in [0.2, 0.25) is 5.02 Å². The van der Waals surface area contributed by atoms with Crippen LogP contribution < -0.4 is 16.0 Å². The summed E-state index contributed by atoms with van der Waals surface area (Å²) in [5.41, 5.74) is 1.91. The molecule has 1 aliphatic heterocycles. The van der Waals surface area contributed by atoms with E-state index in [0.29, 0.717) is 28.4 Å². The second kappa shape index (κ2) is 9.57. The van der Waals surface area contributed by atoms with E-state index >= 15 is 0 Å². The molecule has 1 fully saturated rings. The minimum absolute atomic E-state index is 0. The Labute approximate surface area is 163 Å². The Bertz CT molecular complexity index is 742. The molecule has 1 saturated heterocycles. The van der Waals surface area contributed by atoms with Crippen LogP contribution in [-0.2, 0) is 4.79 Å². The summed E-state index contributed by atoms with van der Waals surface area (Å²) in [6, 6.07) is 14.0. The van der Waals surface area contributed by atoms with Gasteiger partial charge in [0.2, 0.25) is 5.91 Å². The number of carbonyl (C=O) groups excluding carboxylic acids is 2. The zero-order valence-electron chi connectivity index (χ0n) is 14.1. The number of amides is 2. The molecule has 0 bridgehead atoms. The molecule has 1 atom stereocenters. The molecule has 0 aromatic heterocycles. The number of nitrogens with one attached hydrogen (secondary N) is 3. The highest BCUT2D eigenvalue weighted by Crippen LogP contribution is 2.17. The van der Waals surface area contributed by atoms with Gasteiger partial charge in [0.15, 0.2) is 0 Å². The van der Waals surface area contributed by atoms with E-state index in [1.54, 1.807) is 48.5 Å². The fourth-order valence-corrected chi connectivity index (χ4v) is 2.93. The van der Waals surface area contributed by atoms with E-state index in [9.17, 15) is 9.59 Å². The molecule has 138 valence electrons. The van der Waals surface area contributed by atoms with E-state index < -0.39 is 0 Å². The van der Waals surface area contributed by atoms with Crippen molar-refractivity contribution in [3.05, 3.63) is 59.1 Å². The molecule has 2 aromatic rings. The monoisotopic (exact) mass is 393 g/mol. The van der Waals surface area contributed by atoms with E-state index in [4.69, 9.17) is 11.6 Å². The molecular weight excluding hydrogens is 373 g/mol. The maximum absolute atomic E-state index is 12.2. The average molecular weight is 394 g/mol. The van der Waals surface area contributed by atoms with Crippen LogP contribution in [-0.4, -0.2) is 24.4 Å². The summed E-state index contributed by atoms with van der Waals surface area (Å²) < 4.78 is 0. The Hall–Kier alpha value is -2.08. The van der Waals surface area contributed by atoms with Crippen molar-refractivity contribution >= 4 is 47.2 Å². The van der Waals surface area contributed by atoms with Gasteiger partial charge in [-0.15, -0.1) is 12.4 Å². The fraction of sp³-hybridized carbons (Fsp3) is 0.263. The van der Waals surface area contributed by atoms with E-state index in [0.717, 1.165) is 19.4 Å². The Morgan fingerprint density at radius 1 is 1.00 bits per heavy atom. The van der Waals surface area contributed by atoms with Crippen LogP contribution in [0.4, 0.5) is 11.4 Å². The summed E-state index contributed by atoms with van der Waals surface area (Å²) in [5.74, 6) is -0.210. The van der Waals surface area contributed by atoms with Crippen LogP contribution in [0, 0.1) is 0 Å². The number of carbonyl (C=O) groups is 2. The molecule has 1 heterocycles. The van der Waals surface area contributed by atoms with Gasteiger partial charge in [-0.3, -0.25) is 9.59 Å². The summed E-state index contributed by atoms with van der Waals surface area (Å²) in [5, 5.41) is 9.59. The van der Waals surface area contributed by atoms with Gasteiger partial charge in [-0.2, -0.15) is 0 Å². The topological polar surface area (TPSA) is 70.2 Å². The lowest BCUT2D eigenvalue weighted by Gasteiger charge is -2.11. The Morgan fingerprint density at radius 2 is 1.62 bits per heavy atom. The van der Waals surface area contributed by atoms with E-state index in [1.807, 2.05) is 0 Å². The molecule has 2 aromatic carbocycles. The number of benzene rings is 2. The van der Waals surface area contributed by atoms with E-state index in [-0.39, 0.29) is 30.3 Å². The third-order valence-corrected chi connectivity index (χ3v) is 4.38. The Kier molecular flexibility index (Phi) is 7.45. The zero-order chi connectivity index (χ0) is 17.6. The summed E-state index contributed by atoms with van der Waals surface area (Å²) in [4.78, 5) is 24.2. The molecular formula is C19H21Cl2N3O2. The first-order chi connectivity index (χ1) is 12.1. The standard InChI is InChI=1S/C19H20ClN3O2.ClH/c20-14-5-3-13(4-6-14)19(25)23-16-9-7-15(8-10-16)22-18(24)12-17-2-1-11-21-17;/h3-10,17,21H,1-2,11-12H2,(H,22,24)(H,23,25);1H. The normalized spacial score (nSPS) is 15.8. The molecule has 0 radical (unpaired) electrons. The molecule has 26 heavy (non-hydrogen) atoms. The van der Waals surface area contributed by atoms with E-state index in [2.05, 4.69) is 16.0 Å². The third-order valence-electron chi connectivity index (χ3n) is 4.13. The van der Waals surface area contributed by atoms with Crippen LogP contribution in [0.25, 0.3) is 0 Å². The lowest BCUT2D eigenvalue weighted by atomic mass is 10.1. The number of halogens is 2. The SMILES string of the molecule is Cl.O=C(CC1CCCN1)Nc1ccc(NC(=O)c2ccc(Cl)cc2)cc1. The first-order valence-corrected chi connectivity index (χ1v) is 8.68. The second-order valence-corrected chi connectivity index (χ2v) is 6.52. The maximum Gasteiger partial charge on any atom is 0.255 e. The van der Waals surface area contributed by atoms with Crippen molar-refractivity contribution < 1.29 is 9.59 Å². The molecule has 5 nitrogen and oxygen atoms in total. The average Bonchev–Trinajstić information content (AvgIpc) is 3.10. The smallest absolute Gasteiger partial charge is 0.255 e. The van der Waals surface area contributed by atoms with Gasteiger partial charge in [-0.05, 0) is 67.9 Å². The molecule has 0 aliphatic carbocycles. The van der Waals surface area contributed by atoms with Gasteiger partial charge in [-0.1, -0.05) is 11.6 Å². The highest BCUT2D eigenvalue weighted by atomic mass is 35.5. The van der Waals surface area contributed by atoms with Crippen molar-refractivity contribution in [2.45, 2.75) is 25.3 Å². The van der Waals surface area contributed by atoms with Crippen molar-refractivity contribution in [1.82, 2.24) is 5.32 Å². The van der Waals surface area contributed by atoms with Crippen LogP contribution in [0.1, 0.15) is 29.6 Å². The number of hydrogen-bond acceptors (Lipinski definition) is 3. The lowest BCUT2D eigenvalue weighted by Crippen LogP contribution is -2.27. The third kappa shape index (κ3) is 5.73. The van der Waals surface area contributed by atoms with Crippen molar-refractivity contribution in [3.8, 4) is 0 Å². The maximum atomic E-state index is 12.2. The van der Waals surface area contributed by atoms with Crippen LogP contribution in [0.5, 0.6) is 0 Å². The molecule has 7 heteroatoms. The molecule has 3 rings (SSSR count). The summed E-state index contributed by atoms with van der Waals surface area (Å²) in [6.07, 6.45) is 2.65. The van der Waals surface area contributed by atoms with Gasteiger partial charge in [0.25, 0.3) is 5.91 Å². The minimum Gasteiger partial charge on any atom is -0.326 e. The van der Waals surface area contributed by atoms with Crippen molar-refractivity contribution in [3.63, 3.8) is 0 Å². The van der Waals surface area contributed by atoms with Crippen LogP contribution in [0.15, 0.2) is 48.5 Å². The predicted molar refractivity (Wildman–Crippen MR) is 107 cm³/mol. The minimum atomic E-state index is -0.208. The number of rotatable bonds is 5. The van der Waals surface area contributed by atoms with Gasteiger partial charge in [0, 0.05) is 34.4 Å². The molecule has 1 unspecified atom stereocenters. The first kappa shape index (κ1) is 20.2. The van der Waals surface area contributed by atoms with Crippen molar-refractivity contribution in [2.24, 2.45) is 0 Å².